The van der Waals surface area contributed by atoms with Gasteiger partial charge in [-0.05, 0) is 12.8 Å². The fourth-order valence-corrected chi connectivity index (χ4v) is 1.72. The van der Waals surface area contributed by atoms with Crippen LogP contribution in [0.4, 0.5) is 0 Å². The Kier molecular flexibility index (Phi) is 3.16. The lowest BCUT2D eigenvalue weighted by Crippen LogP contribution is -2.14. The zero-order chi connectivity index (χ0) is 9.80. The maximum Gasteiger partial charge on any atom is 0.195 e. The molecule has 2 heterocycles. The summed E-state index contributed by atoms with van der Waals surface area (Å²) in [7, 11) is 0. The second kappa shape index (κ2) is 4.57. The molecule has 2 N–H and O–H groups in total. The Morgan fingerprint density at radius 1 is 1.57 bits per heavy atom. The summed E-state index contributed by atoms with van der Waals surface area (Å²) in [6.07, 6.45) is 4.77. The minimum atomic E-state index is 0.391. The second-order valence-corrected chi connectivity index (χ2v) is 3.61. The highest BCUT2D eigenvalue weighted by Gasteiger charge is 2.19. The average Bonchev–Trinajstić information content (AvgIpc) is 2.68. The Labute approximate surface area is 83.4 Å². The summed E-state index contributed by atoms with van der Waals surface area (Å²) in [5.74, 6) is 2.09. The highest BCUT2D eigenvalue weighted by molar-refractivity contribution is 5.03. The van der Waals surface area contributed by atoms with Crippen molar-refractivity contribution in [2.45, 2.75) is 25.2 Å². The molecular weight excluding hydrogens is 180 g/mol. The number of hydrogen-bond donors (Lipinski definition) is 1. The number of hydrogen-bond acceptors (Lipinski definition) is 4. The van der Waals surface area contributed by atoms with Gasteiger partial charge in [0.15, 0.2) is 5.89 Å². The fraction of sp³-hybridized carbons (Fsp3) is 0.700. The maximum absolute atomic E-state index is 5.59. The molecule has 14 heavy (non-hydrogen) atoms. The van der Waals surface area contributed by atoms with E-state index in [2.05, 4.69) is 4.98 Å². The first-order valence-corrected chi connectivity index (χ1v) is 5.12. The Hall–Kier alpha value is -0.870. The summed E-state index contributed by atoms with van der Waals surface area (Å²) in [5, 5.41) is 0. The van der Waals surface area contributed by atoms with Crippen LogP contribution in [-0.4, -0.2) is 24.7 Å². The number of ether oxygens (including phenoxy) is 1. The first-order chi connectivity index (χ1) is 6.90. The molecular formula is C10H16N2O2. The van der Waals surface area contributed by atoms with Crippen molar-refractivity contribution in [1.82, 2.24) is 4.98 Å². The van der Waals surface area contributed by atoms with E-state index in [4.69, 9.17) is 14.9 Å². The van der Waals surface area contributed by atoms with Gasteiger partial charge in [0.25, 0.3) is 0 Å². The molecule has 1 unspecified atom stereocenters. The van der Waals surface area contributed by atoms with Crippen LogP contribution in [0.5, 0.6) is 0 Å². The van der Waals surface area contributed by atoms with Gasteiger partial charge in [0.2, 0.25) is 0 Å². The van der Waals surface area contributed by atoms with Gasteiger partial charge in [0, 0.05) is 25.5 Å². The van der Waals surface area contributed by atoms with Crippen molar-refractivity contribution in [1.29, 1.82) is 0 Å². The molecule has 0 radical (unpaired) electrons. The van der Waals surface area contributed by atoms with Crippen molar-refractivity contribution in [2.75, 3.05) is 19.8 Å². The van der Waals surface area contributed by atoms with Gasteiger partial charge in [-0.15, -0.1) is 0 Å². The average molecular weight is 196 g/mol. The molecule has 1 aliphatic heterocycles. The third-order valence-corrected chi connectivity index (χ3v) is 2.49. The van der Waals surface area contributed by atoms with E-state index in [1.165, 1.54) is 0 Å². The van der Waals surface area contributed by atoms with Crippen LogP contribution >= 0.6 is 0 Å². The van der Waals surface area contributed by atoms with Crippen molar-refractivity contribution in [3.8, 4) is 0 Å². The third-order valence-electron chi connectivity index (χ3n) is 2.49. The van der Waals surface area contributed by atoms with Crippen LogP contribution in [-0.2, 0) is 11.2 Å². The lowest BCUT2D eigenvalue weighted by atomic mass is 10.0. The van der Waals surface area contributed by atoms with E-state index < -0.39 is 0 Å². The van der Waals surface area contributed by atoms with E-state index in [1.807, 2.05) is 6.20 Å². The minimum absolute atomic E-state index is 0.391. The molecule has 0 aliphatic carbocycles. The SMILES string of the molecule is NCCc1ncc(C2CCCOC2)o1. The van der Waals surface area contributed by atoms with Crippen LogP contribution in [0.1, 0.15) is 30.4 Å². The first-order valence-electron chi connectivity index (χ1n) is 5.12. The van der Waals surface area contributed by atoms with Gasteiger partial charge >= 0.3 is 0 Å². The monoisotopic (exact) mass is 196 g/mol. The van der Waals surface area contributed by atoms with Gasteiger partial charge in [-0.25, -0.2) is 4.98 Å². The quantitative estimate of drug-likeness (QED) is 0.785. The molecule has 1 aliphatic rings. The zero-order valence-electron chi connectivity index (χ0n) is 8.24. The maximum atomic E-state index is 5.59. The summed E-state index contributed by atoms with van der Waals surface area (Å²) in [4.78, 5) is 4.18. The zero-order valence-corrected chi connectivity index (χ0v) is 8.24. The van der Waals surface area contributed by atoms with Gasteiger partial charge < -0.3 is 14.9 Å². The molecule has 1 atom stereocenters. The van der Waals surface area contributed by atoms with E-state index in [9.17, 15) is 0 Å². The summed E-state index contributed by atoms with van der Waals surface area (Å²) >= 11 is 0. The molecule has 0 bridgehead atoms. The summed E-state index contributed by atoms with van der Waals surface area (Å²) < 4.78 is 11.0. The van der Waals surface area contributed by atoms with Crippen molar-refractivity contribution in [2.24, 2.45) is 5.73 Å². The molecule has 0 amide bonds. The van der Waals surface area contributed by atoms with Crippen molar-refractivity contribution in [3.05, 3.63) is 17.8 Å². The smallest absolute Gasteiger partial charge is 0.195 e. The van der Waals surface area contributed by atoms with Crippen LogP contribution in [0.2, 0.25) is 0 Å². The number of oxazole rings is 1. The van der Waals surface area contributed by atoms with Crippen LogP contribution < -0.4 is 5.73 Å². The molecule has 4 nitrogen and oxygen atoms in total. The van der Waals surface area contributed by atoms with Crippen LogP contribution in [0.15, 0.2) is 10.6 Å². The lowest BCUT2D eigenvalue weighted by molar-refractivity contribution is 0.0738. The molecule has 1 aromatic rings. The third kappa shape index (κ3) is 2.13. The number of rotatable bonds is 3. The van der Waals surface area contributed by atoms with Gasteiger partial charge in [0.05, 0.1) is 12.8 Å². The minimum Gasteiger partial charge on any atom is -0.445 e. The molecule has 2 rings (SSSR count). The van der Waals surface area contributed by atoms with Gasteiger partial charge in [-0.2, -0.15) is 0 Å². The van der Waals surface area contributed by atoms with Crippen molar-refractivity contribution < 1.29 is 9.15 Å². The predicted octanol–water partition coefficient (Wildman–Crippen LogP) is 1.07. The van der Waals surface area contributed by atoms with Crippen molar-refractivity contribution >= 4 is 0 Å². The van der Waals surface area contributed by atoms with Crippen LogP contribution in [0, 0.1) is 0 Å². The predicted molar refractivity (Wildman–Crippen MR) is 52.1 cm³/mol. The second-order valence-electron chi connectivity index (χ2n) is 3.61. The topological polar surface area (TPSA) is 61.3 Å². The highest BCUT2D eigenvalue weighted by atomic mass is 16.5. The molecule has 4 heteroatoms. The molecule has 1 saturated heterocycles. The summed E-state index contributed by atoms with van der Waals surface area (Å²) in [6.45, 7) is 2.22. The largest absolute Gasteiger partial charge is 0.445 e. The van der Waals surface area contributed by atoms with E-state index in [1.54, 1.807) is 0 Å². The Bertz CT molecular complexity index is 279. The standard InChI is InChI=1S/C10H16N2O2/c11-4-3-10-12-6-9(14-10)8-2-1-5-13-7-8/h6,8H,1-5,7,11H2. The van der Waals surface area contributed by atoms with E-state index in [0.717, 1.165) is 37.7 Å². The van der Waals surface area contributed by atoms with Crippen LogP contribution in [0.3, 0.4) is 0 Å². The number of nitrogens with zero attached hydrogens (tertiary/aromatic N) is 1. The Balaban J connectivity index is 2.00. The Morgan fingerprint density at radius 3 is 3.21 bits per heavy atom. The summed E-state index contributed by atoms with van der Waals surface area (Å²) in [6, 6.07) is 0. The molecule has 0 saturated carbocycles. The number of aromatic nitrogens is 1. The molecule has 78 valence electrons. The van der Waals surface area contributed by atoms with Gasteiger partial charge in [-0.1, -0.05) is 0 Å². The molecule has 1 aromatic heterocycles. The van der Waals surface area contributed by atoms with Gasteiger partial charge in [-0.3, -0.25) is 0 Å². The molecule has 0 spiro atoms. The normalized spacial score (nSPS) is 22.5. The van der Waals surface area contributed by atoms with E-state index >= 15 is 0 Å². The van der Waals surface area contributed by atoms with E-state index in [-0.39, 0.29) is 0 Å². The first kappa shape index (κ1) is 9.68. The van der Waals surface area contributed by atoms with E-state index in [0.29, 0.717) is 18.9 Å². The highest BCUT2D eigenvalue weighted by Crippen LogP contribution is 2.25. The number of nitrogens with two attached hydrogens (primary N) is 1. The van der Waals surface area contributed by atoms with Crippen LogP contribution in [0.25, 0.3) is 0 Å². The lowest BCUT2D eigenvalue weighted by Gasteiger charge is -2.19. The molecule has 1 fully saturated rings. The Morgan fingerprint density at radius 2 is 2.50 bits per heavy atom. The fourth-order valence-electron chi connectivity index (χ4n) is 1.72. The molecule has 0 aromatic carbocycles. The summed E-state index contributed by atoms with van der Waals surface area (Å²) in [5.41, 5.74) is 5.42. The van der Waals surface area contributed by atoms with Crippen molar-refractivity contribution in [3.63, 3.8) is 0 Å². The van der Waals surface area contributed by atoms with Gasteiger partial charge in [0.1, 0.15) is 5.76 Å².